The van der Waals surface area contributed by atoms with E-state index in [2.05, 4.69) is 12.2 Å². The highest BCUT2D eigenvalue weighted by Gasteiger charge is 2.23. The molecule has 1 aliphatic heterocycles. The zero-order valence-corrected chi connectivity index (χ0v) is 12.1. The first-order valence-corrected chi connectivity index (χ1v) is 8.61. The van der Waals surface area contributed by atoms with Crippen molar-refractivity contribution in [1.29, 1.82) is 0 Å². The third kappa shape index (κ3) is 4.42. The summed E-state index contributed by atoms with van der Waals surface area (Å²) in [5.74, 6) is 1.43. The first kappa shape index (κ1) is 14.2. The lowest BCUT2D eigenvalue weighted by molar-refractivity contribution is 0.317. The Hall–Kier alpha value is -1.23. The molecule has 1 saturated heterocycles. The zero-order chi connectivity index (χ0) is 13.7. The highest BCUT2D eigenvalue weighted by molar-refractivity contribution is 7.91. The second kappa shape index (κ2) is 6.28. The molecule has 0 radical (unpaired) electrons. The van der Waals surface area contributed by atoms with Gasteiger partial charge >= 0.3 is 0 Å². The number of anilines is 1. The van der Waals surface area contributed by atoms with Crippen LogP contribution in [0.25, 0.3) is 0 Å². The summed E-state index contributed by atoms with van der Waals surface area (Å²) < 4.78 is 28.3. The van der Waals surface area contributed by atoms with Crippen LogP contribution >= 0.6 is 0 Å². The minimum atomic E-state index is -2.79. The van der Waals surface area contributed by atoms with Crippen LogP contribution in [0.4, 0.5) is 5.69 Å². The summed E-state index contributed by atoms with van der Waals surface area (Å²) in [7, 11) is -2.79. The molecule has 1 aromatic carbocycles. The molecule has 1 N–H and O–H groups in total. The molecule has 2 rings (SSSR count). The standard InChI is InChI=1S/C14H21NO3S/c1-2-8-18-14-5-3-4-13(11-14)15-12-6-9-19(16,17)10-7-12/h3-5,11-12,15H,2,6-10H2,1H3. The average Bonchev–Trinajstić information content (AvgIpc) is 2.39. The van der Waals surface area contributed by atoms with Crippen LogP contribution in [0.2, 0.25) is 0 Å². The largest absolute Gasteiger partial charge is 0.494 e. The second-order valence-electron chi connectivity index (χ2n) is 4.95. The maximum Gasteiger partial charge on any atom is 0.150 e. The number of rotatable bonds is 5. The van der Waals surface area contributed by atoms with Crippen LogP contribution in [-0.4, -0.2) is 32.6 Å². The van der Waals surface area contributed by atoms with E-state index in [-0.39, 0.29) is 17.5 Å². The van der Waals surface area contributed by atoms with Crippen LogP contribution in [0, 0.1) is 0 Å². The predicted octanol–water partition coefficient (Wildman–Crippen LogP) is 2.46. The molecule has 0 unspecified atom stereocenters. The Morgan fingerprint density at radius 1 is 1.32 bits per heavy atom. The van der Waals surface area contributed by atoms with E-state index in [9.17, 15) is 8.42 Å². The van der Waals surface area contributed by atoms with Gasteiger partial charge in [-0.05, 0) is 31.4 Å². The average molecular weight is 283 g/mol. The van der Waals surface area contributed by atoms with Crippen molar-refractivity contribution in [3.05, 3.63) is 24.3 Å². The summed E-state index contributed by atoms with van der Waals surface area (Å²) >= 11 is 0. The molecule has 0 bridgehead atoms. The maximum absolute atomic E-state index is 11.4. The van der Waals surface area contributed by atoms with Gasteiger partial charge in [-0.1, -0.05) is 13.0 Å². The fraction of sp³-hybridized carbons (Fsp3) is 0.571. The number of ether oxygens (including phenoxy) is 1. The molecule has 1 aliphatic rings. The zero-order valence-electron chi connectivity index (χ0n) is 11.3. The summed E-state index contributed by atoms with van der Waals surface area (Å²) in [5, 5.41) is 3.39. The van der Waals surface area contributed by atoms with E-state index in [4.69, 9.17) is 4.74 Å². The van der Waals surface area contributed by atoms with Gasteiger partial charge < -0.3 is 10.1 Å². The van der Waals surface area contributed by atoms with Gasteiger partial charge in [0.1, 0.15) is 15.6 Å². The molecule has 0 atom stereocenters. The smallest absolute Gasteiger partial charge is 0.150 e. The lowest BCUT2D eigenvalue weighted by Crippen LogP contribution is -2.32. The van der Waals surface area contributed by atoms with E-state index >= 15 is 0 Å². The van der Waals surface area contributed by atoms with Gasteiger partial charge in [-0.15, -0.1) is 0 Å². The van der Waals surface area contributed by atoms with Gasteiger partial charge in [0.05, 0.1) is 18.1 Å². The van der Waals surface area contributed by atoms with Crippen LogP contribution in [0.3, 0.4) is 0 Å². The van der Waals surface area contributed by atoms with Crippen molar-refractivity contribution in [2.45, 2.75) is 32.2 Å². The summed E-state index contributed by atoms with van der Waals surface area (Å²) in [6.07, 6.45) is 2.35. The molecular formula is C14H21NO3S. The van der Waals surface area contributed by atoms with Crippen molar-refractivity contribution in [2.75, 3.05) is 23.4 Å². The molecule has 1 aromatic rings. The number of benzene rings is 1. The van der Waals surface area contributed by atoms with E-state index < -0.39 is 9.84 Å². The van der Waals surface area contributed by atoms with Gasteiger partial charge in [0.25, 0.3) is 0 Å². The van der Waals surface area contributed by atoms with Crippen molar-refractivity contribution in [1.82, 2.24) is 0 Å². The van der Waals surface area contributed by atoms with Gasteiger partial charge in [-0.2, -0.15) is 0 Å². The Morgan fingerprint density at radius 3 is 2.74 bits per heavy atom. The van der Waals surface area contributed by atoms with Crippen molar-refractivity contribution in [3.8, 4) is 5.75 Å². The summed E-state index contributed by atoms with van der Waals surface area (Å²) in [6, 6.07) is 8.09. The molecule has 0 aromatic heterocycles. The molecule has 1 fully saturated rings. The van der Waals surface area contributed by atoms with E-state index in [0.29, 0.717) is 19.4 Å². The molecule has 1 heterocycles. The van der Waals surface area contributed by atoms with E-state index in [0.717, 1.165) is 17.9 Å². The van der Waals surface area contributed by atoms with Crippen molar-refractivity contribution in [2.24, 2.45) is 0 Å². The molecular weight excluding hydrogens is 262 g/mol. The predicted molar refractivity (Wildman–Crippen MR) is 77.5 cm³/mol. The highest BCUT2D eigenvalue weighted by Crippen LogP contribution is 2.21. The summed E-state index contributed by atoms with van der Waals surface area (Å²) in [5.41, 5.74) is 0.998. The Kier molecular flexibility index (Phi) is 4.69. The molecule has 0 aliphatic carbocycles. The number of sulfone groups is 1. The molecule has 106 valence electrons. The quantitative estimate of drug-likeness (QED) is 0.902. The van der Waals surface area contributed by atoms with Gasteiger partial charge in [0.2, 0.25) is 0 Å². The Labute approximate surface area is 115 Å². The van der Waals surface area contributed by atoms with Gasteiger partial charge in [-0.3, -0.25) is 0 Å². The molecule has 5 heteroatoms. The third-order valence-corrected chi connectivity index (χ3v) is 4.95. The third-order valence-electron chi connectivity index (χ3n) is 3.23. The first-order chi connectivity index (χ1) is 9.09. The van der Waals surface area contributed by atoms with E-state index in [1.165, 1.54) is 0 Å². The van der Waals surface area contributed by atoms with E-state index in [1.54, 1.807) is 0 Å². The van der Waals surface area contributed by atoms with Gasteiger partial charge in [-0.25, -0.2) is 8.42 Å². The van der Waals surface area contributed by atoms with Crippen molar-refractivity contribution >= 4 is 15.5 Å². The van der Waals surface area contributed by atoms with Crippen LogP contribution < -0.4 is 10.1 Å². The first-order valence-electron chi connectivity index (χ1n) is 6.79. The van der Waals surface area contributed by atoms with Gasteiger partial charge in [0.15, 0.2) is 0 Å². The second-order valence-corrected chi connectivity index (χ2v) is 7.25. The minimum Gasteiger partial charge on any atom is -0.494 e. The van der Waals surface area contributed by atoms with Crippen LogP contribution in [0.1, 0.15) is 26.2 Å². The van der Waals surface area contributed by atoms with Crippen molar-refractivity contribution < 1.29 is 13.2 Å². The molecule has 0 spiro atoms. The van der Waals surface area contributed by atoms with Crippen LogP contribution in [0.15, 0.2) is 24.3 Å². The normalized spacial score (nSPS) is 19.0. The summed E-state index contributed by atoms with van der Waals surface area (Å²) in [6.45, 7) is 2.79. The minimum absolute atomic E-state index is 0.241. The maximum atomic E-state index is 11.4. The number of hydrogen-bond donors (Lipinski definition) is 1. The lowest BCUT2D eigenvalue weighted by atomic mass is 10.1. The molecule has 19 heavy (non-hydrogen) atoms. The topological polar surface area (TPSA) is 55.4 Å². The highest BCUT2D eigenvalue weighted by atomic mass is 32.2. The number of hydrogen-bond acceptors (Lipinski definition) is 4. The fourth-order valence-corrected chi connectivity index (χ4v) is 3.66. The lowest BCUT2D eigenvalue weighted by Gasteiger charge is -2.24. The monoisotopic (exact) mass is 283 g/mol. The van der Waals surface area contributed by atoms with E-state index in [1.807, 2.05) is 24.3 Å². The number of nitrogens with one attached hydrogen (secondary N) is 1. The van der Waals surface area contributed by atoms with Crippen LogP contribution in [0.5, 0.6) is 5.75 Å². The Bertz CT molecular complexity index is 499. The Balaban J connectivity index is 1.92. The summed E-state index contributed by atoms with van der Waals surface area (Å²) in [4.78, 5) is 0. The molecule has 0 saturated carbocycles. The Morgan fingerprint density at radius 2 is 2.05 bits per heavy atom. The molecule has 0 amide bonds. The van der Waals surface area contributed by atoms with Crippen LogP contribution in [-0.2, 0) is 9.84 Å². The fourth-order valence-electron chi connectivity index (χ4n) is 2.17. The SMILES string of the molecule is CCCOc1cccc(NC2CCS(=O)(=O)CC2)c1. The van der Waals surface area contributed by atoms with Crippen molar-refractivity contribution in [3.63, 3.8) is 0 Å². The van der Waals surface area contributed by atoms with Gasteiger partial charge in [0, 0.05) is 17.8 Å². The molecule has 4 nitrogen and oxygen atoms in total.